The SMILES string of the molecule is CCCOC1(C(=O)Nc2ccc(OCCOC)nc2C)CCCCC1. The number of aromatic nitrogens is 1. The summed E-state index contributed by atoms with van der Waals surface area (Å²) in [4.78, 5) is 17.3. The molecule has 0 radical (unpaired) electrons. The summed E-state index contributed by atoms with van der Waals surface area (Å²) in [7, 11) is 1.63. The van der Waals surface area contributed by atoms with E-state index in [9.17, 15) is 4.79 Å². The Morgan fingerprint density at radius 1 is 1.20 bits per heavy atom. The number of nitrogens with one attached hydrogen (secondary N) is 1. The number of hydrogen-bond acceptors (Lipinski definition) is 5. The average molecular weight is 350 g/mol. The summed E-state index contributed by atoms with van der Waals surface area (Å²) in [5, 5.41) is 3.02. The Bertz CT molecular complexity index is 556. The lowest BCUT2D eigenvalue weighted by molar-refractivity contribution is -0.146. The third kappa shape index (κ3) is 5.41. The number of anilines is 1. The molecule has 140 valence electrons. The Morgan fingerprint density at radius 2 is 1.96 bits per heavy atom. The summed E-state index contributed by atoms with van der Waals surface area (Å²) in [6.45, 7) is 5.49. The number of amides is 1. The molecular weight excluding hydrogens is 320 g/mol. The van der Waals surface area contributed by atoms with Gasteiger partial charge in [0.15, 0.2) is 0 Å². The first kappa shape index (κ1) is 19.7. The highest BCUT2D eigenvalue weighted by molar-refractivity contribution is 5.97. The smallest absolute Gasteiger partial charge is 0.256 e. The fourth-order valence-electron chi connectivity index (χ4n) is 3.07. The molecule has 2 rings (SSSR count). The maximum atomic E-state index is 12.9. The summed E-state index contributed by atoms with van der Waals surface area (Å²) in [6.07, 6.45) is 5.69. The van der Waals surface area contributed by atoms with Crippen molar-refractivity contribution in [1.82, 2.24) is 4.98 Å². The van der Waals surface area contributed by atoms with Gasteiger partial charge in [0.1, 0.15) is 12.2 Å². The maximum Gasteiger partial charge on any atom is 0.256 e. The van der Waals surface area contributed by atoms with Crippen LogP contribution in [-0.2, 0) is 14.3 Å². The molecule has 1 aromatic heterocycles. The molecule has 1 heterocycles. The number of carbonyl (C=O) groups excluding carboxylic acids is 1. The summed E-state index contributed by atoms with van der Waals surface area (Å²) in [5.41, 5.74) is 0.729. The van der Waals surface area contributed by atoms with Gasteiger partial charge >= 0.3 is 0 Å². The number of pyridine rings is 1. The molecule has 1 aromatic rings. The standard InChI is InChI=1S/C19H30N2O4/c1-4-12-25-19(10-6-5-7-11-19)18(22)21-16-8-9-17(20-15(16)2)24-14-13-23-3/h8-9H,4-7,10-14H2,1-3H3,(H,21,22). The van der Waals surface area contributed by atoms with Crippen molar-refractivity contribution in [2.75, 3.05) is 32.2 Å². The zero-order valence-corrected chi connectivity index (χ0v) is 15.6. The topological polar surface area (TPSA) is 69.7 Å². The van der Waals surface area contributed by atoms with Gasteiger partial charge in [0.2, 0.25) is 5.88 Å². The Kier molecular flexibility index (Phi) is 7.65. The van der Waals surface area contributed by atoms with Gasteiger partial charge in [0.25, 0.3) is 5.91 Å². The molecule has 6 nitrogen and oxygen atoms in total. The van der Waals surface area contributed by atoms with Gasteiger partial charge in [-0.25, -0.2) is 4.98 Å². The van der Waals surface area contributed by atoms with Crippen LogP contribution in [0.1, 0.15) is 51.1 Å². The second-order valence-corrected chi connectivity index (χ2v) is 6.48. The van der Waals surface area contributed by atoms with E-state index >= 15 is 0 Å². The summed E-state index contributed by atoms with van der Waals surface area (Å²) in [6, 6.07) is 3.59. The van der Waals surface area contributed by atoms with Crippen LogP contribution >= 0.6 is 0 Å². The number of methoxy groups -OCH3 is 1. The fraction of sp³-hybridized carbons (Fsp3) is 0.684. The molecule has 0 saturated heterocycles. The highest BCUT2D eigenvalue weighted by atomic mass is 16.5. The molecular formula is C19H30N2O4. The van der Waals surface area contributed by atoms with Crippen LogP contribution < -0.4 is 10.1 Å². The van der Waals surface area contributed by atoms with Crippen molar-refractivity contribution in [3.05, 3.63) is 17.8 Å². The van der Waals surface area contributed by atoms with E-state index in [1.54, 1.807) is 13.2 Å². The molecule has 0 aliphatic heterocycles. The van der Waals surface area contributed by atoms with Gasteiger partial charge in [-0.15, -0.1) is 0 Å². The minimum atomic E-state index is -0.700. The molecule has 1 N–H and O–H groups in total. The zero-order chi connectivity index (χ0) is 18.1. The van der Waals surface area contributed by atoms with Gasteiger partial charge < -0.3 is 19.5 Å². The molecule has 6 heteroatoms. The summed E-state index contributed by atoms with van der Waals surface area (Å²) >= 11 is 0. The Morgan fingerprint density at radius 3 is 2.60 bits per heavy atom. The first-order valence-corrected chi connectivity index (χ1v) is 9.16. The quantitative estimate of drug-likeness (QED) is 0.691. The number of rotatable bonds is 9. The zero-order valence-electron chi connectivity index (χ0n) is 15.6. The largest absolute Gasteiger partial charge is 0.475 e. The number of carbonyl (C=O) groups is 1. The lowest BCUT2D eigenvalue weighted by Gasteiger charge is -2.35. The molecule has 0 aromatic carbocycles. The van der Waals surface area contributed by atoms with Crippen molar-refractivity contribution in [1.29, 1.82) is 0 Å². The number of aryl methyl sites for hydroxylation is 1. The van der Waals surface area contributed by atoms with Crippen molar-refractivity contribution in [2.45, 2.75) is 58.0 Å². The fourth-order valence-corrected chi connectivity index (χ4v) is 3.07. The first-order valence-electron chi connectivity index (χ1n) is 9.16. The van der Waals surface area contributed by atoms with E-state index in [-0.39, 0.29) is 5.91 Å². The molecule has 1 aliphatic rings. The Hall–Kier alpha value is -1.66. The minimum Gasteiger partial charge on any atom is -0.475 e. The van der Waals surface area contributed by atoms with Crippen LogP contribution in [0.15, 0.2) is 12.1 Å². The third-order valence-electron chi connectivity index (χ3n) is 4.50. The first-order chi connectivity index (χ1) is 12.1. The van der Waals surface area contributed by atoms with Crippen LogP contribution in [0.25, 0.3) is 0 Å². The van der Waals surface area contributed by atoms with Crippen LogP contribution in [-0.4, -0.2) is 43.4 Å². The molecule has 1 aliphatic carbocycles. The van der Waals surface area contributed by atoms with Crippen molar-refractivity contribution in [2.24, 2.45) is 0 Å². The summed E-state index contributed by atoms with van der Waals surface area (Å²) < 4.78 is 16.5. The lowest BCUT2D eigenvalue weighted by Crippen LogP contribution is -2.47. The van der Waals surface area contributed by atoms with Gasteiger partial charge in [0.05, 0.1) is 18.0 Å². The van der Waals surface area contributed by atoms with Crippen LogP contribution in [0.5, 0.6) is 5.88 Å². The normalized spacial score (nSPS) is 16.4. The van der Waals surface area contributed by atoms with Gasteiger partial charge in [-0.2, -0.15) is 0 Å². The molecule has 0 bridgehead atoms. The third-order valence-corrected chi connectivity index (χ3v) is 4.50. The maximum absolute atomic E-state index is 12.9. The van der Waals surface area contributed by atoms with Gasteiger partial charge in [0, 0.05) is 19.8 Å². The van der Waals surface area contributed by atoms with Crippen molar-refractivity contribution in [3.8, 4) is 5.88 Å². The molecule has 1 fully saturated rings. The average Bonchev–Trinajstić information content (AvgIpc) is 2.63. The highest BCUT2D eigenvalue weighted by Gasteiger charge is 2.40. The van der Waals surface area contributed by atoms with Crippen molar-refractivity contribution in [3.63, 3.8) is 0 Å². The highest BCUT2D eigenvalue weighted by Crippen LogP contribution is 2.33. The van der Waals surface area contributed by atoms with Crippen LogP contribution in [0.2, 0.25) is 0 Å². The van der Waals surface area contributed by atoms with Crippen molar-refractivity contribution >= 4 is 11.6 Å². The van der Waals surface area contributed by atoms with Crippen LogP contribution in [0, 0.1) is 6.92 Å². The van der Waals surface area contributed by atoms with E-state index in [0.717, 1.165) is 37.8 Å². The predicted octanol–water partition coefficient (Wildman–Crippen LogP) is 3.48. The van der Waals surface area contributed by atoms with Crippen LogP contribution in [0.3, 0.4) is 0 Å². The van der Waals surface area contributed by atoms with E-state index in [2.05, 4.69) is 17.2 Å². The van der Waals surface area contributed by atoms with E-state index in [0.29, 0.717) is 31.4 Å². The van der Waals surface area contributed by atoms with E-state index in [4.69, 9.17) is 14.2 Å². The molecule has 25 heavy (non-hydrogen) atoms. The second-order valence-electron chi connectivity index (χ2n) is 6.48. The number of ether oxygens (including phenoxy) is 3. The molecule has 0 unspecified atom stereocenters. The predicted molar refractivity (Wildman–Crippen MR) is 97.0 cm³/mol. The van der Waals surface area contributed by atoms with Crippen LogP contribution in [0.4, 0.5) is 5.69 Å². The second kappa shape index (κ2) is 9.73. The molecule has 0 atom stereocenters. The molecule has 0 spiro atoms. The number of hydrogen-bond donors (Lipinski definition) is 1. The van der Waals surface area contributed by atoms with Gasteiger partial charge in [-0.3, -0.25) is 4.79 Å². The van der Waals surface area contributed by atoms with Gasteiger partial charge in [-0.05, 0) is 32.3 Å². The van der Waals surface area contributed by atoms with Crippen molar-refractivity contribution < 1.29 is 19.0 Å². The van der Waals surface area contributed by atoms with E-state index in [1.807, 2.05) is 13.0 Å². The van der Waals surface area contributed by atoms with E-state index in [1.165, 1.54) is 6.42 Å². The number of nitrogens with zero attached hydrogens (tertiary/aromatic N) is 1. The lowest BCUT2D eigenvalue weighted by atomic mass is 9.83. The minimum absolute atomic E-state index is 0.0569. The molecule has 1 amide bonds. The summed E-state index contributed by atoms with van der Waals surface area (Å²) in [5.74, 6) is 0.473. The monoisotopic (exact) mass is 350 g/mol. The Balaban J connectivity index is 2.04. The Labute approximate surface area is 150 Å². The van der Waals surface area contributed by atoms with E-state index < -0.39 is 5.60 Å². The molecule has 1 saturated carbocycles. The van der Waals surface area contributed by atoms with Gasteiger partial charge in [-0.1, -0.05) is 26.2 Å².